The molecule has 4 atom stereocenters. The van der Waals surface area contributed by atoms with Crippen LogP contribution in [0.15, 0.2) is 0 Å². The van der Waals surface area contributed by atoms with Gasteiger partial charge in [0.1, 0.15) is 29.3 Å². The number of hydrogen-bond donors (Lipinski definition) is 2. The van der Waals surface area contributed by atoms with Crippen LogP contribution in [0.25, 0.3) is 0 Å². The zero-order valence-electron chi connectivity index (χ0n) is 19.8. The Morgan fingerprint density at radius 3 is 2.56 bits per heavy atom. The number of hydrogen-bond acceptors (Lipinski definition) is 6. The van der Waals surface area contributed by atoms with E-state index in [1.165, 1.54) is 0 Å². The summed E-state index contributed by atoms with van der Waals surface area (Å²) in [6, 6.07) is 0. The fraction of sp³-hybridized carbons (Fsp3) is 0.680. The minimum atomic E-state index is -0.962. The summed E-state index contributed by atoms with van der Waals surface area (Å²) in [6.07, 6.45) is 2.53. The summed E-state index contributed by atoms with van der Waals surface area (Å²) in [7, 11) is 1.55. The minimum Gasteiger partial charge on any atom is -0.495 e. The van der Waals surface area contributed by atoms with Gasteiger partial charge in [-0.2, -0.15) is 0 Å². The fourth-order valence-corrected chi connectivity index (χ4v) is 6.87. The number of carboxylic acid groups (broad SMARTS) is 1. The van der Waals surface area contributed by atoms with Gasteiger partial charge in [0.2, 0.25) is 0 Å². The predicted molar refractivity (Wildman–Crippen MR) is 117 cm³/mol. The van der Waals surface area contributed by atoms with Crippen LogP contribution in [0.2, 0.25) is 0 Å². The van der Waals surface area contributed by atoms with Crippen molar-refractivity contribution in [3.05, 3.63) is 22.3 Å². The third kappa shape index (κ3) is 3.28. The summed E-state index contributed by atoms with van der Waals surface area (Å²) in [5.74, 6) is -0.141. The molecule has 7 nitrogen and oxygen atoms in total. The Bertz CT molecular complexity index is 976. The number of esters is 1. The van der Waals surface area contributed by atoms with Crippen molar-refractivity contribution in [2.45, 2.75) is 84.5 Å². The van der Waals surface area contributed by atoms with Crippen LogP contribution in [0.1, 0.15) is 80.4 Å². The van der Waals surface area contributed by atoms with Crippen LogP contribution in [0, 0.1) is 24.2 Å². The highest BCUT2D eigenvalue weighted by molar-refractivity contribution is 5.98. The highest BCUT2D eigenvalue weighted by atomic mass is 16.5. The summed E-state index contributed by atoms with van der Waals surface area (Å²) in [5.41, 5.74) is 1.05. The average Bonchev–Trinajstić information content (AvgIpc) is 3.07. The van der Waals surface area contributed by atoms with E-state index >= 15 is 0 Å². The summed E-state index contributed by atoms with van der Waals surface area (Å²) >= 11 is 0. The highest BCUT2D eigenvalue weighted by Crippen LogP contribution is 2.61. The van der Waals surface area contributed by atoms with Gasteiger partial charge < -0.3 is 24.4 Å². The van der Waals surface area contributed by atoms with Crippen molar-refractivity contribution in [3.8, 4) is 11.5 Å². The molecule has 0 saturated heterocycles. The van der Waals surface area contributed by atoms with Crippen molar-refractivity contribution in [3.63, 3.8) is 0 Å². The van der Waals surface area contributed by atoms with Crippen molar-refractivity contribution in [2.24, 2.45) is 17.3 Å². The molecule has 0 spiro atoms. The van der Waals surface area contributed by atoms with E-state index in [0.717, 1.165) is 35.3 Å². The lowest BCUT2D eigenvalue weighted by Gasteiger charge is -2.60. The van der Waals surface area contributed by atoms with Crippen LogP contribution in [0.3, 0.4) is 0 Å². The molecule has 1 saturated carbocycles. The first-order valence-corrected chi connectivity index (χ1v) is 11.4. The van der Waals surface area contributed by atoms with Crippen molar-refractivity contribution in [1.29, 1.82) is 0 Å². The molecule has 2 heterocycles. The Balaban J connectivity index is 1.88. The van der Waals surface area contributed by atoms with Crippen molar-refractivity contribution in [1.82, 2.24) is 0 Å². The lowest BCUT2D eigenvalue weighted by molar-refractivity contribution is -0.170. The molecule has 1 aromatic carbocycles. The number of aliphatic carboxylic acids is 1. The number of aliphatic hydroxyl groups is 1. The molecule has 0 bridgehead atoms. The predicted octanol–water partition coefficient (Wildman–Crippen LogP) is 4.04. The Morgan fingerprint density at radius 1 is 1.28 bits per heavy atom. The SMILES string of the molecule is COc1c2c(c(C)c3c1C(=O)OC3)O[C@@]1(C)CC[C@@H](C(C)(C)O)[C@](C)(CCC(=O)O)[C@H]1C2. The van der Waals surface area contributed by atoms with Gasteiger partial charge in [-0.25, -0.2) is 4.79 Å². The smallest absolute Gasteiger partial charge is 0.342 e. The fourth-order valence-electron chi connectivity index (χ4n) is 6.87. The second kappa shape index (κ2) is 7.37. The Kier molecular flexibility index (Phi) is 5.27. The molecule has 32 heavy (non-hydrogen) atoms. The first kappa shape index (κ1) is 22.9. The molecule has 0 amide bonds. The molecule has 2 N–H and O–H groups in total. The van der Waals surface area contributed by atoms with Crippen LogP contribution < -0.4 is 9.47 Å². The topological polar surface area (TPSA) is 102 Å². The lowest BCUT2D eigenvalue weighted by Crippen LogP contribution is -2.61. The molecule has 4 rings (SSSR count). The Hall–Kier alpha value is -2.28. The number of benzene rings is 1. The van der Waals surface area contributed by atoms with E-state index in [2.05, 4.69) is 13.8 Å². The molecule has 1 aliphatic carbocycles. The van der Waals surface area contributed by atoms with Crippen molar-refractivity contribution in [2.75, 3.05) is 7.11 Å². The van der Waals surface area contributed by atoms with Gasteiger partial charge in [-0.05, 0) is 70.3 Å². The normalized spacial score (nSPS) is 31.2. The number of carbonyl (C=O) groups excluding carboxylic acids is 1. The molecule has 7 heteroatoms. The zero-order chi connectivity index (χ0) is 23.6. The number of fused-ring (bicyclic) bond motifs is 3. The van der Waals surface area contributed by atoms with E-state index in [9.17, 15) is 19.8 Å². The van der Waals surface area contributed by atoms with Crippen LogP contribution in [-0.2, 0) is 22.6 Å². The minimum absolute atomic E-state index is 0.0230. The summed E-state index contributed by atoms with van der Waals surface area (Å²) in [5, 5.41) is 20.5. The molecule has 0 aromatic heterocycles. The molecular weight excluding hydrogens is 412 g/mol. The molecule has 3 aliphatic rings. The second-order valence-corrected chi connectivity index (χ2v) is 10.7. The van der Waals surface area contributed by atoms with E-state index in [4.69, 9.17) is 14.2 Å². The Morgan fingerprint density at radius 2 is 1.97 bits per heavy atom. The van der Waals surface area contributed by atoms with Crippen molar-refractivity contribution >= 4 is 11.9 Å². The number of carboxylic acids is 1. The molecule has 1 fully saturated rings. The van der Waals surface area contributed by atoms with E-state index in [-0.39, 0.29) is 30.8 Å². The number of cyclic esters (lactones) is 1. The van der Waals surface area contributed by atoms with Gasteiger partial charge in [-0.15, -0.1) is 0 Å². The van der Waals surface area contributed by atoms with Gasteiger partial charge in [0, 0.05) is 23.5 Å². The number of methoxy groups -OCH3 is 1. The monoisotopic (exact) mass is 446 g/mol. The third-order valence-corrected chi connectivity index (χ3v) is 8.36. The molecular formula is C25H34O7. The number of rotatable bonds is 5. The van der Waals surface area contributed by atoms with Crippen LogP contribution in [0.4, 0.5) is 0 Å². The third-order valence-electron chi connectivity index (χ3n) is 8.36. The maximum Gasteiger partial charge on any atom is 0.342 e. The van der Waals surface area contributed by atoms with Crippen LogP contribution in [0.5, 0.6) is 11.5 Å². The molecule has 2 aliphatic heterocycles. The quantitative estimate of drug-likeness (QED) is 0.658. The molecule has 1 aromatic rings. The van der Waals surface area contributed by atoms with Crippen molar-refractivity contribution < 1.29 is 34.0 Å². The summed E-state index contributed by atoms with van der Waals surface area (Å²) in [4.78, 5) is 24.0. The first-order chi connectivity index (χ1) is 14.8. The van der Waals surface area contributed by atoms with Gasteiger partial charge in [0.05, 0.1) is 12.7 Å². The van der Waals surface area contributed by atoms with E-state index in [0.29, 0.717) is 24.2 Å². The molecule has 176 valence electrons. The highest BCUT2D eigenvalue weighted by Gasteiger charge is 2.60. The maximum atomic E-state index is 12.5. The van der Waals surface area contributed by atoms with Crippen LogP contribution >= 0.6 is 0 Å². The van der Waals surface area contributed by atoms with Gasteiger partial charge in [0.15, 0.2) is 0 Å². The van der Waals surface area contributed by atoms with E-state index < -0.39 is 22.6 Å². The Labute approximate surface area is 189 Å². The van der Waals surface area contributed by atoms with Crippen LogP contribution in [-0.4, -0.2) is 40.5 Å². The van der Waals surface area contributed by atoms with Gasteiger partial charge in [0.25, 0.3) is 0 Å². The maximum absolute atomic E-state index is 12.5. The summed E-state index contributed by atoms with van der Waals surface area (Å²) < 4.78 is 17.8. The van der Waals surface area contributed by atoms with Gasteiger partial charge >= 0.3 is 11.9 Å². The molecule has 0 unspecified atom stereocenters. The summed E-state index contributed by atoms with van der Waals surface area (Å²) in [6.45, 7) is 9.98. The number of carbonyl (C=O) groups is 2. The average molecular weight is 447 g/mol. The lowest BCUT2D eigenvalue weighted by atomic mass is 9.49. The first-order valence-electron chi connectivity index (χ1n) is 11.4. The zero-order valence-corrected chi connectivity index (χ0v) is 19.8. The molecule has 0 radical (unpaired) electrons. The van der Waals surface area contributed by atoms with Gasteiger partial charge in [-0.3, -0.25) is 4.79 Å². The largest absolute Gasteiger partial charge is 0.495 e. The van der Waals surface area contributed by atoms with Gasteiger partial charge in [-0.1, -0.05) is 6.92 Å². The van der Waals surface area contributed by atoms with E-state index in [1.54, 1.807) is 7.11 Å². The second-order valence-electron chi connectivity index (χ2n) is 10.7. The number of ether oxygens (including phenoxy) is 3. The standard InChI is InChI=1S/C25H34O7/c1-13-15-12-31-22(28)19(15)21(30-6)14-11-17-24(4,9-8-18(26)27)16(23(2,3)29)7-10-25(17,5)32-20(13)14/h16-17,29H,7-12H2,1-6H3,(H,26,27)/t16-,17+,24-,25-/m0/s1. The van der Waals surface area contributed by atoms with E-state index in [1.807, 2.05) is 20.8 Å².